The molecule has 1 heterocycles. The number of carbonyl (C=O) groups is 1. The van der Waals surface area contributed by atoms with Crippen LogP contribution in [0.3, 0.4) is 0 Å². The van der Waals surface area contributed by atoms with E-state index in [1.807, 2.05) is 22.6 Å². The molecule has 1 aromatic heterocycles. The maximum atomic E-state index is 13.2. The average molecular weight is 293 g/mol. The van der Waals surface area contributed by atoms with Crippen LogP contribution in [0.15, 0.2) is 6.07 Å². The van der Waals surface area contributed by atoms with Gasteiger partial charge in [0.15, 0.2) is 0 Å². The summed E-state index contributed by atoms with van der Waals surface area (Å²) in [7, 11) is 0. The van der Waals surface area contributed by atoms with Gasteiger partial charge in [0.2, 0.25) is 0 Å². The van der Waals surface area contributed by atoms with Crippen LogP contribution in [0.25, 0.3) is 0 Å². The second kappa shape index (κ2) is 5.15. The molecule has 120 valence electrons. The maximum Gasteiger partial charge on any atom is 0.273 e. The zero-order valence-corrected chi connectivity index (χ0v) is 15.3. The number of nitrogens with zero attached hydrogens (tertiary/aromatic N) is 3. The van der Waals surface area contributed by atoms with Crippen molar-refractivity contribution in [1.29, 1.82) is 0 Å². The third kappa shape index (κ3) is 3.86. The zero-order valence-electron chi connectivity index (χ0n) is 15.3. The van der Waals surface area contributed by atoms with Crippen LogP contribution < -0.4 is 0 Å². The van der Waals surface area contributed by atoms with E-state index in [1.165, 1.54) is 0 Å². The Kier molecular flexibility index (Phi) is 4.35. The van der Waals surface area contributed by atoms with E-state index in [9.17, 15) is 4.79 Å². The Morgan fingerprint density at radius 2 is 1.43 bits per heavy atom. The maximum absolute atomic E-state index is 13.2. The highest BCUT2D eigenvalue weighted by Gasteiger charge is 2.38. The summed E-state index contributed by atoms with van der Waals surface area (Å²) in [6.07, 6.45) is 0. The van der Waals surface area contributed by atoms with Crippen LogP contribution in [0.1, 0.15) is 78.5 Å². The van der Waals surface area contributed by atoms with Gasteiger partial charge in [0, 0.05) is 11.1 Å². The predicted octanol–water partition coefficient (Wildman–Crippen LogP) is 3.99. The van der Waals surface area contributed by atoms with Crippen LogP contribution in [0.4, 0.5) is 0 Å². The van der Waals surface area contributed by atoms with Gasteiger partial charge < -0.3 is 4.90 Å². The number of amides is 1. The van der Waals surface area contributed by atoms with Crippen molar-refractivity contribution in [3.05, 3.63) is 17.5 Å². The first-order valence-corrected chi connectivity index (χ1v) is 7.57. The molecule has 0 aromatic carbocycles. The first-order chi connectivity index (χ1) is 9.15. The van der Waals surface area contributed by atoms with E-state index in [4.69, 9.17) is 0 Å². The standard InChI is InChI=1S/C17H31N3O/c1-12-11-13(20(18-12)17(8,9)10)14(21)19(15(2,3)4)16(5,6)7/h11H,1-10H3. The van der Waals surface area contributed by atoms with Gasteiger partial charge in [-0.15, -0.1) is 0 Å². The SMILES string of the molecule is Cc1cc(C(=O)N(C(C)(C)C)C(C)(C)C)n(C(C)(C)C)n1. The van der Waals surface area contributed by atoms with Crippen LogP contribution in [0, 0.1) is 6.92 Å². The fraction of sp³-hybridized carbons (Fsp3) is 0.765. The normalized spacial score (nSPS) is 13.4. The van der Waals surface area contributed by atoms with Crippen molar-refractivity contribution in [1.82, 2.24) is 14.7 Å². The molecule has 0 aliphatic heterocycles. The number of rotatable bonds is 1. The van der Waals surface area contributed by atoms with Crippen LogP contribution >= 0.6 is 0 Å². The third-order valence-corrected chi connectivity index (χ3v) is 3.23. The van der Waals surface area contributed by atoms with Crippen LogP contribution in [0.5, 0.6) is 0 Å². The lowest BCUT2D eigenvalue weighted by Crippen LogP contribution is -2.56. The van der Waals surface area contributed by atoms with Gasteiger partial charge in [-0.05, 0) is 75.3 Å². The number of hydrogen-bond donors (Lipinski definition) is 0. The van der Waals surface area contributed by atoms with Gasteiger partial charge in [0.05, 0.1) is 11.2 Å². The molecule has 0 fully saturated rings. The molecule has 0 radical (unpaired) electrons. The lowest BCUT2D eigenvalue weighted by Gasteiger charge is -2.45. The lowest BCUT2D eigenvalue weighted by atomic mass is 9.95. The molecule has 0 atom stereocenters. The third-order valence-electron chi connectivity index (χ3n) is 3.23. The highest BCUT2D eigenvalue weighted by molar-refractivity contribution is 5.93. The van der Waals surface area contributed by atoms with Crippen molar-refractivity contribution in [2.24, 2.45) is 0 Å². The Hall–Kier alpha value is -1.32. The fourth-order valence-electron chi connectivity index (χ4n) is 2.89. The van der Waals surface area contributed by atoms with Crippen molar-refractivity contribution >= 4 is 5.91 Å². The molecule has 0 aliphatic rings. The molecule has 0 bridgehead atoms. The summed E-state index contributed by atoms with van der Waals surface area (Å²) in [6.45, 7) is 20.5. The minimum atomic E-state index is -0.254. The molecule has 4 heteroatoms. The highest BCUT2D eigenvalue weighted by atomic mass is 16.2. The first kappa shape index (κ1) is 17.7. The summed E-state index contributed by atoms with van der Waals surface area (Å²) in [5, 5.41) is 4.52. The van der Waals surface area contributed by atoms with E-state index >= 15 is 0 Å². The zero-order chi connectivity index (χ0) is 16.8. The van der Waals surface area contributed by atoms with Crippen molar-refractivity contribution in [2.45, 2.75) is 85.9 Å². The van der Waals surface area contributed by atoms with E-state index in [1.54, 1.807) is 0 Å². The Balaban J connectivity index is 3.43. The van der Waals surface area contributed by atoms with Gasteiger partial charge in [-0.25, -0.2) is 0 Å². The number of aromatic nitrogens is 2. The molecule has 21 heavy (non-hydrogen) atoms. The molecule has 0 spiro atoms. The molecule has 1 rings (SSSR count). The summed E-state index contributed by atoms with van der Waals surface area (Å²) in [4.78, 5) is 15.1. The number of hydrogen-bond acceptors (Lipinski definition) is 2. The van der Waals surface area contributed by atoms with Crippen LogP contribution in [-0.2, 0) is 5.54 Å². The summed E-state index contributed by atoms with van der Waals surface area (Å²) in [5.41, 5.74) is 0.800. The number of aryl methyl sites for hydroxylation is 1. The second-order valence-corrected chi connectivity index (χ2v) is 8.74. The Labute approximate surface area is 129 Å². The van der Waals surface area contributed by atoms with E-state index < -0.39 is 0 Å². The Bertz CT molecular complexity index is 508. The summed E-state index contributed by atoms with van der Waals surface area (Å²) in [5.74, 6) is 0.0329. The van der Waals surface area contributed by atoms with Gasteiger partial charge >= 0.3 is 0 Å². The molecule has 1 amide bonds. The average Bonchev–Trinajstić information content (AvgIpc) is 2.54. The van der Waals surface area contributed by atoms with Crippen molar-refractivity contribution in [3.63, 3.8) is 0 Å². The monoisotopic (exact) mass is 293 g/mol. The van der Waals surface area contributed by atoms with E-state index in [2.05, 4.69) is 67.4 Å². The molecule has 4 nitrogen and oxygen atoms in total. The minimum absolute atomic E-state index is 0.0329. The molecule has 0 aliphatic carbocycles. The smallest absolute Gasteiger partial charge is 0.273 e. The molecular formula is C17H31N3O. The lowest BCUT2D eigenvalue weighted by molar-refractivity contribution is 0.0252. The molecule has 0 unspecified atom stereocenters. The second-order valence-electron chi connectivity index (χ2n) is 8.74. The van der Waals surface area contributed by atoms with E-state index in [0.717, 1.165) is 5.69 Å². The topological polar surface area (TPSA) is 38.1 Å². The molecule has 0 saturated heterocycles. The van der Waals surface area contributed by atoms with Gasteiger partial charge in [-0.3, -0.25) is 9.48 Å². The molecule has 0 N–H and O–H groups in total. The quantitative estimate of drug-likeness (QED) is 0.785. The van der Waals surface area contributed by atoms with Crippen LogP contribution in [0.2, 0.25) is 0 Å². The van der Waals surface area contributed by atoms with Crippen LogP contribution in [-0.4, -0.2) is 31.7 Å². The molecule has 1 aromatic rings. The molecular weight excluding hydrogens is 262 g/mol. The summed E-state index contributed by atoms with van der Waals surface area (Å²) in [6, 6.07) is 1.89. The van der Waals surface area contributed by atoms with Crippen molar-refractivity contribution < 1.29 is 4.79 Å². The van der Waals surface area contributed by atoms with Crippen molar-refractivity contribution in [2.75, 3.05) is 0 Å². The van der Waals surface area contributed by atoms with E-state index in [-0.39, 0.29) is 22.5 Å². The summed E-state index contributed by atoms with van der Waals surface area (Å²) < 4.78 is 1.84. The minimum Gasteiger partial charge on any atom is -0.328 e. The largest absolute Gasteiger partial charge is 0.328 e. The Morgan fingerprint density at radius 3 is 1.76 bits per heavy atom. The molecule has 0 saturated carbocycles. The highest BCUT2D eigenvalue weighted by Crippen LogP contribution is 2.28. The number of carbonyl (C=O) groups excluding carboxylic acids is 1. The van der Waals surface area contributed by atoms with E-state index in [0.29, 0.717) is 5.69 Å². The first-order valence-electron chi connectivity index (χ1n) is 7.57. The van der Waals surface area contributed by atoms with Gasteiger partial charge in [0.25, 0.3) is 5.91 Å². The fourth-order valence-corrected chi connectivity index (χ4v) is 2.89. The van der Waals surface area contributed by atoms with Crippen molar-refractivity contribution in [3.8, 4) is 0 Å². The Morgan fingerprint density at radius 1 is 1.00 bits per heavy atom. The van der Waals surface area contributed by atoms with Gasteiger partial charge in [-0.1, -0.05) is 0 Å². The predicted molar refractivity (Wildman–Crippen MR) is 87.6 cm³/mol. The van der Waals surface area contributed by atoms with Gasteiger partial charge in [0.1, 0.15) is 5.69 Å². The summed E-state index contributed by atoms with van der Waals surface area (Å²) >= 11 is 0. The van der Waals surface area contributed by atoms with Gasteiger partial charge in [-0.2, -0.15) is 5.10 Å².